The zero-order valence-electron chi connectivity index (χ0n) is 12.2. The predicted molar refractivity (Wildman–Crippen MR) is 85.3 cm³/mol. The van der Waals surface area contributed by atoms with Crippen LogP contribution in [0.5, 0.6) is 0 Å². The first-order valence-electron chi connectivity index (χ1n) is 7.03. The van der Waals surface area contributed by atoms with Crippen LogP contribution in [0.4, 0.5) is 0 Å². The molecule has 0 amide bonds. The Balaban J connectivity index is 2.35. The largest absolute Gasteiger partial charge is 0.310 e. The normalized spacial score (nSPS) is 14.0. The van der Waals surface area contributed by atoms with Gasteiger partial charge in [0, 0.05) is 28.9 Å². The maximum atomic E-state index is 6.20. The van der Waals surface area contributed by atoms with Crippen molar-refractivity contribution in [2.75, 3.05) is 6.54 Å². The summed E-state index contributed by atoms with van der Waals surface area (Å²) in [7, 11) is 0. The Morgan fingerprint density at radius 1 is 1.25 bits per heavy atom. The van der Waals surface area contributed by atoms with Crippen molar-refractivity contribution in [1.29, 1.82) is 0 Å². The fourth-order valence-corrected chi connectivity index (χ4v) is 2.86. The first kappa shape index (κ1) is 15.0. The van der Waals surface area contributed by atoms with Gasteiger partial charge in [-0.15, -0.1) is 0 Å². The molecule has 1 heterocycles. The van der Waals surface area contributed by atoms with E-state index in [9.17, 15) is 0 Å². The van der Waals surface area contributed by atoms with Crippen LogP contribution < -0.4 is 5.32 Å². The van der Waals surface area contributed by atoms with E-state index >= 15 is 0 Å². The van der Waals surface area contributed by atoms with E-state index in [-0.39, 0.29) is 12.0 Å². The molecule has 0 fully saturated rings. The monoisotopic (exact) mass is 288 g/mol. The summed E-state index contributed by atoms with van der Waals surface area (Å²) >= 11 is 6.20. The van der Waals surface area contributed by atoms with Gasteiger partial charge in [-0.25, -0.2) is 0 Å². The molecular weight excluding hydrogens is 268 g/mol. The second kappa shape index (κ2) is 6.87. The summed E-state index contributed by atoms with van der Waals surface area (Å²) in [6.45, 7) is 7.30. The van der Waals surface area contributed by atoms with E-state index in [0.29, 0.717) is 0 Å². The molecule has 1 aromatic heterocycles. The lowest BCUT2D eigenvalue weighted by atomic mass is 9.90. The standard InChI is InChI=1S/C17H21ClN2/c1-4-19-17(13(3)16-7-5-6-8-20-16)14-9-12(2)10-15(18)11-14/h5-11,13,17,19H,4H2,1-3H3. The molecule has 20 heavy (non-hydrogen) atoms. The van der Waals surface area contributed by atoms with Gasteiger partial charge in [0.1, 0.15) is 0 Å². The van der Waals surface area contributed by atoms with Crippen molar-refractivity contribution in [3.05, 3.63) is 64.4 Å². The van der Waals surface area contributed by atoms with Crippen LogP contribution in [0.1, 0.15) is 42.6 Å². The third kappa shape index (κ3) is 3.59. The van der Waals surface area contributed by atoms with Gasteiger partial charge in [-0.2, -0.15) is 0 Å². The van der Waals surface area contributed by atoms with E-state index in [0.717, 1.165) is 17.3 Å². The molecule has 0 saturated heterocycles. The Kier molecular flexibility index (Phi) is 5.16. The van der Waals surface area contributed by atoms with E-state index in [2.05, 4.69) is 43.2 Å². The molecule has 0 saturated carbocycles. The van der Waals surface area contributed by atoms with Gasteiger partial charge in [0.15, 0.2) is 0 Å². The van der Waals surface area contributed by atoms with E-state index in [4.69, 9.17) is 11.6 Å². The van der Waals surface area contributed by atoms with Gasteiger partial charge in [0.2, 0.25) is 0 Å². The Hall–Kier alpha value is -1.38. The maximum absolute atomic E-state index is 6.20. The van der Waals surface area contributed by atoms with Gasteiger partial charge in [0.25, 0.3) is 0 Å². The Labute approximate surface area is 126 Å². The Morgan fingerprint density at radius 2 is 2.05 bits per heavy atom. The quantitative estimate of drug-likeness (QED) is 0.876. The minimum Gasteiger partial charge on any atom is -0.310 e. The van der Waals surface area contributed by atoms with Crippen molar-refractivity contribution in [2.45, 2.75) is 32.7 Å². The average molecular weight is 289 g/mol. The Morgan fingerprint density at radius 3 is 2.65 bits per heavy atom. The summed E-state index contributed by atoms with van der Waals surface area (Å²) in [5.41, 5.74) is 3.50. The number of aryl methyl sites for hydroxylation is 1. The zero-order valence-corrected chi connectivity index (χ0v) is 13.0. The number of likely N-dealkylation sites (N-methyl/N-ethyl adjacent to an activating group) is 1. The molecule has 2 nitrogen and oxygen atoms in total. The van der Waals surface area contributed by atoms with E-state index in [1.807, 2.05) is 30.5 Å². The van der Waals surface area contributed by atoms with E-state index in [1.165, 1.54) is 11.1 Å². The molecule has 2 rings (SSSR count). The summed E-state index contributed by atoms with van der Waals surface area (Å²) in [5, 5.41) is 4.34. The second-order valence-corrected chi connectivity index (χ2v) is 5.58. The molecule has 3 heteroatoms. The van der Waals surface area contributed by atoms with Crippen LogP contribution in [0.15, 0.2) is 42.6 Å². The lowest BCUT2D eigenvalue weighted by Crippen LogP contribution is -2.26. The number of nitrogens with one attached hydrogen (secondary N) is 1. The lowest BCUT2D eigenvalue weighted by molar-refractivity contribution is 0.472. The number of benzene rings is 1. The van der Waals surface area contributed by atoms with Crippen molar-refractivity contribution >= 4 is 11.6 Å². The molecule has 0 aliphatic carbocycles. The van der Waals surface area contributed by atoms with E-state index < -0.39 is 0 Å². The van der Waals surface area contributed by atoms with Gasteiger partial charge in [0.05, 0.1) is 0 Å². The fraction of sp³-hybridized carbons (Fsp3) is 0.353. The van der Waals surface area contributed by atoms with Crippen molar-refractivity contribution in [3.63, 3.8) is 0 Å². The third-order valence-electron chi connectivity index (χ3n) is 3.50. The lowest BCUT2D eigenvalue weighted by Gasteiger charge is -2.25. The predicted octanol–water partition coefficient (Wildman–Crippen LogP) is 4.50. The topological polar surface area (TPSA) is 24.9 Å². The number of rotatable bonds is 5. The minimum atomic E-state index is 0.215. The van der Waals surface area contributed by atoms with Gasteiger partial charge in [-0.3, -0.25) is 4.98 Å². The van der Waals surface area contributed by atoms with Gasteiger partial charge in [-0.05, 0) is 48.9 Å². The zero-order chi connectivity index (χ0) is 14.5. The molecule has 0 radical (unpaired) electrons. The molecule has 0 aliphatic heterocycles. The highest BCUT2D eigenvalue weighted by molar-refractivity contribution is 6.30. The highest BCUT2D eigenvalue weighted by Gasteiger charge is 2.21. The first-order chi connectivity index (χ1) is 9.61. The summed E-state index contributed by atoms with van der Waals surface area (Å²) in [6.07, 6.45) is 1.85. The number of pyridine rings is 1. The van der Waals surface area contributed by atoms with Crippen LogP contribution in [0.3, 0.4) is 0 Å². The number of hydrogen-bond donors (Lipinski definition) is 1. The highest BCUT2D eigenvalue weighted by Crippen LogP contribution is 2.31. The van der Waals surface area contributed by atoms with Crippen LogP contribution >= 0.6 is 11.6 Å². The van der Waals surface area contributed by atoms with Crippen LogP contribution in [-0.2, 0) is 0 Å². The molecule has 106 valence electrons. The highest BCUT2D eigenvalue weighted by atomic mass is 35.5. The summed E-state index contributed by atoms with van der Waals surface area (Å²) in [6, 6.07) is 12.5. The van der Waals surface area contributed by atoms with Crippen LogP contribution in [0, 0.1) is 6.92 Å². The summed E-state index contributed by atoms with van der Waals surface area (Å²) in [5.74, 6) is 0.286. The fourth-order valence-electron chi connectivity index (χ4n) is 2.56. The van der Waals surface area contributed by atoms with Crippen molar-refractivity contribution in [1.82, 2.24) is 10.3 Å². The van der Waals surface area contributed by atoms with Crippen molar-refractivity contribution in [3.8, 4) is 0 Å². The molecule has 0 aliphatic rings. The average Bonchev–Trinajstić information content (AvgIpc) is 2.44. The number of halogens is 1. The van der Waals surface area contributed by atoms with Crippen molar-refractivity contribution < 1.29 is 0 Å². The third-order valence-corrected chi connectivity index (χ3v) is 3.72. The molecule has 1 N–H and O–H groups in total. The van der Waals surface area contributed by atoms with Gasteiger partial charge >= 0.3 is 0 Å². The van der Waals surface area contributed by atoms with Gasteiger partial charge < -0.3 is 5.32 Å². The number of aromatic nitrogens is 1. The van der Waals surface area contributed by atoms with Crippen molar-refractivity contribution in [2.24, 2.45) is 0 Å². The first-order valence-corrected chi connectivity index (χ1v) is 7.41. The van der Waals surface area contributed by atoms with Crippen LogP contribution in [0.25, 0.3) is 0 Å². The van der Waals surface area contributed by atoms with E-state index in [1.54, 1.807) is 0 Å². The molecule has 0 spiro atoms. The summed E-state index contributed by atoms with van der Waals surface area (Å²) < 4.78 is 0. The van der Waals surface area contributed by atoms with Gasteiger partial charge in [-0.1, -0.05) is 37.6 Å². The second-order valence-electron chi connectivity index (χ2n) is 5.14. The molecule has 2 atom stereocenters. The molecule has 2 unspecified atom stereocenters. The summed E-state index contributed by atoms with van der Waals surface area (Å²) in [4.78, 5) is 4.48. The SMILES string of the molecule is CCNC(c1cc(C)cc(Cl)c1)C(C)c1ccccn1. The minimum absolute atomic E-state index is 0.215. The molecule has 0 bridgehead atoms. The molecular formula is C17H21ClN2. The molecule has 1 aromatic carbocycles. The maximum Gasteiger partial charge on any atom is 0.0450 e. The van der Waals surface area contributed by atoms with Crippen LogP contribution in [-0.4, -0.2) is 11.5 Å². The smallest absolute Gasteiger partial charge is 0.0450 e. The Bertz CT molecular complexity index is 534. The molecule has 2 aromatic rings. The number of nitrogens with zero attached hydrogens (tertiary/aromatic N) is 1. The number of hydrogen-bond acceptors (Lipinski definition) is 2. The van der Waals surface area contributed by atoms with Crippen LogP contribution in [0.2, 0.25) is 5.02 Å².